The largest absolute Gasteiger partial charge is 0.481 e. The molecule has 1 aromatic rings. The first kappa shape index (κ1) is 16.8. The standard InChI is InChI=1S/C19H25N3O2/c1-14(24-16-9-7-15(13-20)8-10-16)19(23)22-12-4-6-18(22)17-5-3-11-21(17)2/h7-10,14,17-18H,3-6,11-12H2,1-2H3. The Balaban J connectivity index is 1.64. The smallest absolute Gasteiger partial charge is 0.263 e. The molecule has 128 valence electrons. The lowest BCUT2D eigenvalue weighted by atomic mass is 10.0. The van der Waals surface area contributed by atoms with E-state index in [2.05, 4.69) is 18.0 Å². The number of likely N-dealkylation sites (tertiary alicyclic amines) is 2. The lowest BCUT2D eigenvalue weighted by Crippen LogP contribution is -2.50. The summed E-state index contributed by atoms with van der Waals surface area (Å²) >= 11 is 0. The van der Waals surface area contributed by atoms with Gasteiger partial charge in [0, 0.05) is 18.6 Å². The van der Waals surface area contributed by atoms with E-state index in [9.17, 15) is 4.79 Å². The number of carbonyl (C=O) groups excluding carboxylic acids is 1. The van der Waals surface area contributed by atoms with Gasteiger partial charge in [-0.05, 0) is 70.5 Å². The molecule has 0 spiro atoms. The third-order valence-corrected chi connectivity index (χ3v) is 5.25. The van der Waals surface area contributed by atoms with Gasteiger partial charge < -0.3 is 14.5 Å². The molecule has 3 atom stereocenters. The molecule has 0 radical (unpaired) electrons. The lowest BCUT2D eigenvalue weighted by molar-refractivity contribution is -0.139. The van der Waals surface area contributed by atoms with E-state index in [1.807, 2.05) is 11.8 Å². The van der Waals surface area contributed by atoms with E-state index in [1.54, 1.807) is 24.3 Å². The van der Waals surface area contributed by atoms with Gasteiger partial charge in [-0.15, -0.1) is 0 Å². The molecular formula is C19H25N3O2. The predicted molar refractivity (Wildman–Crippen MR) is 91.6 cm³/mol. The van der Waals surface area contributed by atoms with Gasteiger partial charge in [-0.1, -0.05) is 0 Å². The molecular weight excluding hydrogens is 302 g/mol. The van der Waals surface area contributed by atoms with E-state index in [-0.39, 0.29) is 5.91 Å². The van der Waals surface area contributed by atoms with Crippen LogP contribution in [0.3, 0.4) is 0 Å². The molecule has 5 nitrogen and oxygen atoms in total. The molecule has 1 amide bonds. The molecule has 0 N–H and O–H groups in total. The van der Waals surface area contributed by atoms with Crippen LogP contribution in [0, 0.1) is 11.3 Å². The number of nitriles is 1. The molecule has 24 heavy (non-hydrogen) atoms. The first-order valence-electron chi connectivity index (χ1n) is 8.77. The minimum atomic E-state index is -0.509. The maximum absolute atomic E-state index is 12.9. The number of amides is 1. The molecule has 3 unspecified atom stereocenters. The highest BCUT2D eigenvalue weighted by atomic mass is 16.5. The first-order chi connectivity index (χ1) is 11.6. The number of likely N-dealkylation sites (N-methyl/N-ethyl adjacent to an activating group) is 1. The number of benzene rings is 1. The van der Waals surface area contributed by atoms with Gasteiger partial charge in [0.15, 0.2) is 6.10 Å². The Morgan fingerprint density at radius 3 is 2.50 bits per heavy atom. The van der Waals surface area contributed by atoms with Gasteiger partial charge in [0.1, 0.15) is 5.75 Å². The Morgan fingerprint density at radius 1 is 1.21 bits per heavy atom. The fourth-order valence-electron chi connectivity index (χ4n) is 3.98. The number of rotatable bonds is 4. The van der Waals surface area contributed by atoms with Gasteiger partial charge in [-0.25, -0.2) is 0 Å². The summed E-state index contributed by atoms with van der Waals surface area (Å²) in [6, 6.07) is 9.79. The second kappa shape index (κ2) is 7.23. The van der Waals surface area contributed by atoms with Crippen molar-refractivity contribution in [3.8, 4) is 11.8 Å². The average molecular weight is 327 g/mol. The van der Waals surface area contributed by atoms with E-state index in [4.69, 9.17) is 10.00 Å². The molecule has 2 aliphatic rings. The fourth-order valence-corrected chi connectivity index (χ4v) is 3.98. The molecule has 2 heterocycles. The summed E-state index contributed by atoms with van der Waals surface area (Å²) in [5.74, 6) is 0.700. The summed E-state index contributed by atoms with van der Waals surface area (Å²) in [7, 11) is 2.16. The third-order valence-electron chi connectivity index (χ3n) is 5.25. The Kier molecular flexibility index (Phi) is 5.06. The van der Waals surface area contributed by atoms with Gasteiger partial charge in [-0.3, -0.25) is 4.79 Å². The molecule has 5 heteroatoms. The predicted octanol–water partition coefficient (Wildman–Crippen LogP) is 2.41. The van der Waals surface area contributed by atoms with Crippen molar-refractivity contribution < 1.29 is 9.53 Å². The van der Waals surface area contributed by atoms with Crippen LogP contribution in [0.15, 0.2) is 24.3 Å². The minimum Gasteiger partial charge on any atom is -0.481 e. The lowest BCUT2D eigenvalue weighted by Gasteiger charge is -2.34. The number of hydrogen-bond donors (Lipinski definition) is 0. The van der Waals surface area contributed by atoms with Crippen molar-refractivity contribution in [2.75, 3.05) is 20.1 Å². The average Bonchev–Trinajstić information content (AvgIpc) is 3.23. The van der Waals surface area contributed by atoms with Crippen molar-refractivity contribution in [3.63, 3.8) is 0 Å². The highest BCUT2D eigenvalue weighted by Gasteiger charge is 2.39. The SMILES string of the molecule is CC(Oc1ccc(C#N)cc1)C(=O)N1CCCC1C1CCCN1C. The van der Waals surface area contributed by atoms with E-state index in [0.29, 0.717) is 23.4 Å². The highest BCUT2D eigenvalue weighted by molar-refractivity contribution is 5.81. The zero-order chi connectivity index (χ0) is 17.1. The molecule has 0 saturated carbocycles. The Morgan fingerprint density at radius 2 is 1.88 bits per heavy atom. The molecule has 2 aliphatic heterocycles. The van der Waals surface area contributed by atoms with Crippen LogP contribution in [0.1, 0.15) is 38.2 Å². The van der Waals surface area contributed by atoms with Crippen LogP contribution in [0.4, 0.5) is 0 Å². The van der Waals surface area contributed by atoms with Crippen LogP contribution in [0.2, 0.25) is 0 Å². The van der Waals surface area contributed by atoms with Crippen molar-refractivity contribution in [1.82, 2.24) is 9.80 Å². The van der Waals surface area contributed by atoms with E-state index in [0.717, 1.165) is 25.9 Å². The summed E-state index contributed by atoms with van der Waals surface area (Å²) < 4.78 is 5.81. The molecule has 0 bridgehead atoms. The molecule has 3 rings (SSSR count). The van der Waals surface area contributed by atoms with Crippen molar-refractivity contribution in [2.45, 2.75) is 50.8 Å². The monoisotopic (exact) mass is 327 g/mol. The summed E-state index contributed by atoms with van der Waals surface area (Å²) in [4.78, 5) is 17.3. The molecule has 2 fully saturated rings. The van der Waals surface area contributed by atoms with Crippen LogP contribution in [0.25, 0.3) is 0 Å². The van der Waals surface area contributed by atoms with Crippen molar-refractivity contribution in [1.29, 1.82) is 5.26 Å². The Bertz CT molecular complexity index is 622. The molecule has 1 aromatic carbocycles. The maximum atomic E-state index is 12.9. The van der Waals surface area contributed by atoms with Crippen LogP contribution >= 0.6 is 0 Å². The van der Waals surface area contributed by atoms with Gasteiger partial charge in [0.25, 0.3) is 5.91 Å². The number of carbonyl (C=O) groups is 1. The maximum Gasteiger partial charge on any atom is 0.263 e. The van der Waals surface area contributed by atoms with Gasteiger partial charge in [0.2, 0.25) is 0 Å². The van der Waals surface area contributed by atoms with Gasteiger partial charge in [-0.2, -0.15) is 5.26 Å². The van der Waals surface area contributed by atoms with Crippen LogP contribution in [-0.4, -0.2) is 54.0 Å². The van der Waals surface area contributed by atoms with E-state index >= 15 is 0 Å². The quantitative estimate of drug-likeness (QED) is 0.852. The molecule has 2 saturated heterocycles. The first-order valence-corrected chi connectivity index (χ1v) is 8.77. The fraction of sp³-hybridized carbons (Fsp3) is 0.579. The Labute approximate surface area is 143 Å². The van der Waals surface area contributed by atoms with E-state index in [1.165, 1.54) is 12.8 Å². The third kappa shape index (κ3) is 3.39. The van der Waals surface area contributed by atoms with Gasteiger partial charge in [0.05, 0.1) is 11.6 Å². The second-order valence-corrected chi connectivity index (χ2v) is 6.83. The highest BCUT2D eigenvalue weighted by Crippen LogP contribution is 2.29. The number of ether oxygens (including phenoxy) is 1. The van der Waals surface area contributed by atoms with Crippen LogP contribution < -0.4 is 4.74 Å². The topological polar surface area (TPSA) is 56.6 Å². The van der Waals surface area contributed by atoms with E-state index < -0.39 is 6.10 Å². The summed E-state index contributed by atoms with van der Waals surface area (Å²) in [5, 5.41) is 8.84. The Hall–Kier alpha value is -2.06. The number of hydrogen-bond acceptors (Lipinski definition) is 4. The molecule has 0 aromatic heterocycles. The molecule has 0 aliphatic carbocycles. The summed E-state index contributed by atoms with van der Waals surface area (Å²) in [5.41, 5.74) is 0.588. The normalized spacial score (nSPS) is 25.5. The van der Waals surface area contributed by atoms with Crippen molar-refractivity contribution >= 4 is 5.91 Å². The van der Waals surface area contributed by atoms with Gasteiger partial charge >= 0.3 is 0 Å². The number of nitrogens with zero attached hydrogens (tertiary/aromatic N) is 3. The summed E-state index contributed by atoms with van der Waals surface area (Å²) in [6.07, 6.45) is 4.05. The zero-order valence-electron chi connectivity index (χ0n) is 14.4. The summed E-state index contributed by atoms with van der Waals surface area (Å²) in [6.45, 7) is 3.77. The zero-order valence-corrected chi connectivity index (χ0v) is 14.4. The van der Waals surface area contributed by atoms with Crippen molar-refractivity contribution in [3.05, 3.63) is 29.8 Å². The van der Waals surface area contributed by atoms with Crippen molar-refractivity contribution in [2.24, 2.45) is 0 Å². The van der Waals surface area contributed by atoms with Crippen LogP contribution in [-0.2, 0) is 4.79 Å². The van der Waals surface area contributed by atoms with Crippen LogP contribution in [0.5, 0.6) is 5.75 Å². The minimum absolute atomic E-state index is 0.0714. The second-order valence-electron chi connectivity index (χ2n) is 6.83.